The quantitative estimate of drug-likeness (QED) is 0.597. The van der Waals surface area contributed by atoms with Crippen molar-refractivity contribution in [1.82, 2.24) is 0 Å². The Labute approximate surface area is 100 Å². The number of hydrogen-bond donors (Lipinski definition) is 1. The second-order valence-electron chi connectivity index (χ2n) is 3.68. The highest BCUT2D eigenvalue weighted by Gasteiger charge is 2.02. The maximum Gasteiger partial charge on any atom is 0.258 e. The average Bonchev–Trinajstić information content (AvgIpc) is 2.25. The van der Waals surface area contributed by atoms with Crippen molar-refractivity contribution in [3.05, 3.63) is 29.8 Å². The first kappa shape index (κ1) is 13.0. The predicted molar refractivity (Wildman–Crippen MR) is 64.9 cm³/mol. The van der Waals surface area contributed by atoms with Gasteiger partial charge in [0.1, 0.15) is 5.75 Å². The van der Waals surface area contributed by atoms with E-state index in [9.17, 15) is 4.79 Å². The van der Waals surface area contributed by atoms with Crippen LogP contribution in [0.2, 0.25) is 0 Å². The number of nitrogens with two attached hydrogens (primary N) is 1. The molecule has 0 heterocycles. The van der Waals surface area contributed by atoms with Gasteiger partial charge in [0.05, 0.1) is 12.3 Å². The highest BCUT2D eigenvalue weighted by molar-refractivity contribution is 5.83. The topological polar surface area (TPSA) is 73.9 Å². The van der Waals surface area contributed by atoms with Gasteiger partial charge in [0, 0.05) is 5.56 Å². The molecule has 0 radical (unpaired) electrons. The molecule has 0 bridgehead atoms. The van der Waals surface area contributed by atoms with Crippen molar-refractivity contribution in [2.45, 2.75) is 20.0 Å². The summed E-state index contributed by atoms with van der Waals surface area (Å²) in [6.07, 6.45) is 1.57. The van der Waals surface area contributed by atoms with Gasteiger partial charge in [-0.1, -0.05) is 17.3 Å². The van der Waals surface area contributed by atoms with Gasteiger partial charge in [-0.15, -0.1) is 0 Å². The highest BCUT2D eigenvalue weighted by atomic mass is 16.6. The highest BCUT2D eigenvalue weighted by Crippen LogP contribution is 2.17. The van der Waals surface area contributed by atoms with E-state index in [1.54, 1.807) is 0 Å². The van der Waals surface area contributed by atoms with Crippen LogP contribution in [-0.4, -0.2) is 24.8 Å². The van der Waals surface area contributed by atoms with Crippen LogP contribution in [0, 0.1) is 0 Å². The number of primary amides is 1. The minimum Gasteiger partial charge on any atom is -0.490 e. The number of oxime groups is 1. The molecule has 0 aliphatic carbocycles. The number of benzene rings is 1. The summed E-state index contributed by atoms with van der Waals surface area (Å²) in [6, 6.07) is 7.42. The molecule has 0 saturated heterocycles. The van der Waals surface area contributed by atoms with Crippen LogP contribution in [0.15, 0.2) is 29.4 Å². The Morgan fingerprint density at radius 1 is 1.47 bits per heavy atom. The summed E-state index contributed by atoms with van der Waals surface area (Å²) < 4.78 is 5.59. The van der Waals surface area contributed by atoms with Gasteiger partial charge in [-0.05, 0) is 26.0 Å². The van der Waals surface area contributed by atoms with Gasteiger partial charge in [-0.25, -0.2) is 0 Å². The molecule has 0 atom stereocenters. The molecular formula is C12H16N2O3. The molecule has 1 aromatic rings. The Kier molecular flexibility index (Phi) is 5.00. The average molecular weight is 236 g/mol. The Bertz CT molecular complexity index is 402. The van der Waals surface area contributed by atoms with E-state index in [0.717, 1.165) is 5.56 Å². The zero-order chi connectivity index (χ0) is 12.7. The standard InChI is InChI=1S/C12H16N2O3/c1-9(2)17-11-6-4-3-5-10(11)7-14-16-8-12(13)15/h3-7,9H,8H2,1-2H3,(H2,13,15). The molecule has 5 nitrogen and oxygen atoms in total. The summed E-state index contributed by atoms with van der Waals surface area (Å²) in [5.41, 5.74) is 5.69. The second kappa shape index (κ2) is 6.52. The molecule has 0 saturated carbocycles. The third-order valence-electron chi connectivity index (χ3n) is 1.75. The fraction of sp³-hybridized carbons (Fsp3) is 0.333. The van der Waals surface area contributed by atoms with E-state index in [0.29, 0.717) is 5.75 Å². The SMILES string of the molecule is CC(C)Oc1ccccc1C=NOCC(N)=O. The molecule has 92 valence electrons. The van der Waals surface area contributed by atoms with Crippen LogP contribution in [0.4, 0.5) is 0 Å². The fourth-order valence-electron chi connectivity index (χ4n) is 1.14. The van der Waals surface area contributed by atoms with Gasteiger partial charge in [0.15, 0.2) is 6.61 Å². The summed E-state index contributed by atoms with van der Waals surface area (Å²) in [5, 5.41) is 3.64. The molecule has 0 aliphatic rings. The third kappa shape index (κ3) is 5.01. The zero-order valence-electron chi connectivity index (χ0n) is 9.92. The first-order chi connectivity index (χ1) is 8.09. The van der Waals surface area contributed by atoms with Crippen LogP contribution in [0.25, 0.3) is 0 Å². The van der Waals surface area contributed by atoms with Crippen LogP contribution < -0.4 is 10.5 Å². The van der Waals surface area contributed by atoms with Crippen molar-refractivity contribution < 1.29 is 14.4 Å². The molecule has 5 heteroatoms. The van der Waals surface area contributed by atoms with Crippen LogP contribution in [0.1, 0.15) is 19.4 Å². The lowest BCUT2D eigenvalue weighted by molar-refractivity contribution is -0.122. The maximum atomic E-state index is 10.4. The van der Waals surface area contributed by atoms with Crippen molar-refractivity contribution >= 4 is 12.1 Å². The number of hydrogen-bond acceptors (Lipinski definition) is 4. The van der Waals surface area contributed by atoms with E-state index in [-0.39, 0.29) is 12.7 Å². The van der Waals surface area contributed by atoms with Crippen LogP contribution >= 0.6 is 0 Å². The van der Waals surface area contributed by atoms with Crippen LogP contribution in [-0.2, 0) is 9.63 Å². The van der Waals surface area contributed by atoms with Gasteiger partial charge in [0.25, 0.3) is 5.91 Å². The summed E-state index contributed by atoms with van der Waals surface area (Å²) in [5.74, 6) is 0.155. The molecule has 0 aromatic heterocycles. The van der Waals surface area contributed by atoms with Gasteiger partial charge in [0.2, 0.25) is 0 Å². The monoisotopic (exact) mass is 236 g/mol. The van der Waals surface area contributed by atoms with Crippen molar-refractivity contribution in [2.24, 2.45) is 10.9 Å². The number of amides is 1. The molecule has 17 heavy (non-hydrogen) atoms. The lowest BCUT2D eigenvalue weighted by atomic mass is 10.2. The van der Waals surface area contributed by atoms with Crippen molar-refractivity contribution in [2.75, 3.05) is 6.61 Å². The maximum absolute atomic E-state index is 10.4. The van der Waals surface area contributed by atoms with Crippen LogP contribution in [0.3, 0.4) is 0 Å². The summed E-state index contributed by atoms with van der Waals surface area (Å²) in [4.78, 5) is 15.1. The fourth-order valence-corrected chi connectivity index (χ4v) is 1.14. The zero-order valence-corrected chi connectivity index (χ0v) is 9.92. The van der Waals surface area contributed by atoms with Gasteiger partial charge >= 0.3 is 0 Å². The minimum absolute atomic E-state index is 0.0797. The van der Waals surface area contributed by atoms with E-state index in [1.165, 1.54) is 6.21 Å². The van der Waals surface area contributed by atoms with Gasteiger partial charge in [-0.3, -0.25) is 4.79 Å². The normalized spacial score (nSPS) is 10.8. The second-order valence-corrected chi connectivity index (χ2v) is 3.68. The molecule has 1 aromatic carbocycles. The molecule has 0 unspecified atom stereocenters. The van der Waals surface area contributed by atoms with Crippen LogP contribution in [0.5, 0.6) is 5.75 Å². The first-order valence-electron chi connectivity index (χ1n) is 5.29. The largest absolute Gasteiger partial charge is 0.490 e. The first-order valence-corrected chi connectivity index (χ1v) is 5.29. The van der Waals surface area contributed by atoms with E-state index in [2.05, 4.69) is 5.16 Å². The number of carbonyl (C=O) groups excluding carboxylic acids is 1. The molecule has 0 aliphatic heterocycles. The Morgan fingerprint density at radius 2 is 2.18 bits per heavy atom. The molecule has 1 amide bonds. The van der Waals surface area contributed by atoms with E-state index in [4.69, 9.17) is 15.3 Å². The Balaban J connectivity index is 2.66. The molecule has 0 fully saturated rings. The van der Waals surface area contributed by atoms with Crippen molar-refractivity contribution in [1.29, 1.82) is 0 Å². The molecule has 2 N–H and O–H groups in total. The predicted octanol–water partition coefficient (Wildman–Crippen LogP) is 1.31. The molecular weight excluding hydrogens is 220 g/mol. The number of rotatable bonds is 6. The number of ether oxygens (including phenoxy) is 1. The summed E-state index contributed by atoms with van der Waals surface area (Å²) in [7, 11) is 0. The van der Waals surface area contributed by atoms with E-state index >= 15 is 0 Å². The lowest BCUT2D eigenvalue weighted by Crippen LogP contribution is -2.16. The summed E-state index contributed by atoms with van der Waals surface area (Å²) >= 11 is 0. The third-order valence-corrected chi connectivity index (χ3v) is 1.75. The van der Waals surface area contributed by atoms with Gasteiger partial charge in [-0.2, -0.15) is 0 Å². The van der Waals surface area contributed by atoms with Crippen molar-refractivity contribution in [3.8, 4) is 5.75 Å². The number of nitrogens with zero attached hydrogens (tertiary/aromatic N) is 1. The van der Waals surface area contributed by atoms with E-state index < -0.39 is 5.91 Å². The summed E-state index contributed by atoms with van der Waals surface area (Å²) in [6.45, 7) is 3.65. The number of carbonyl (C=O) groups is 1. The minimum atomic E-state index is -0.561. The Hall–Kier alpha value is -2.04. The molecule has 0 spiro atoms. The Morgan fingerprint density at radius 3 is 2.82 bits per heavy atom. The van der Waals surface area contributed by atoms with Crippen molar-refractivity contribution in [3.63, 3.8) is 0 Å². The number of para-hydroxylation sites is 1. The van der Waals surface area contributed by atoms with Gasteiger partial charge < -0.3 is 15.3 Å². The van der Waals surface area contributed by atoms with E-state index in [1.807, 2.05) is 38.1 Å². The smallest absolute Gasteiger partial charge is 0.258 e. The molecule has 1 rings (SSSR count). The lowest BCUT2D eigenvalue weighted by Gasteiger charge is -2.11.